The normalized spacial score (nSPS) is 15.6. The van der Waals surface area contributed by atoms with Crippen molar-refractivity contribution in [3.05, 3.63) is 67.7 Å². The molecule has 25 heavy (non-hydrogen) atoms. The van der Waals surface area contributed by atoms with Gasteiger partial charge in [0.25, 0.3) is 5.91 Å². The second-order valence-electron chi connectivity index (χ2n) is 5.30. The van der Waals surface area contributed by atoms with Crippen molar-refractivity contribution in [2.45, 2.75) is 0 Å². The molecular weight excluding hydrogens is 454 g/mol. The fourth-order valence-corrected chi connectivity index (χ4v) is 3.26. The van der Waals surface area contributed by atoms with E-state index in [1.165, 1.54) is 12.1 Å². The minimum absolute atomic E-state index is 0.0154. The standard InChI is InChI=1S/C18H11Br2NO4/c19-12-5-9(1-3-15(12)23)6-14-17(11(8-22)18(25)21-14)10-2-4-16(24)13(20)7-10/h1-8,23-24H,(H,21,25)/b14-6-. The number of benzene rings is 2. The van der Waals surface area contributed by atoms with Gasteiger partial charge in [-0.2, -0.15) is 0 Å². The highest BCUT2D eigenvalue weighted by molar-refractivity contribution is 9.10. The number of phenols is 2. The molecule has 5 nitrogen and oxygen atoms in total. The van der Waals surface area contributed by atoms with Gasteiger partial charge in [0, 0.05) is 5.57 Å². The predicted molar refractivity (Wildman–Crippen MR) is 101 cm³/mol. The van der Waals surface area contributed by atoms with Gasteiger partial charge in [-0.3, -0.25) is 9.59 Å². The summed E-state index contributed by atoms with van der Waals surface area (Å²) in [4.78, 5) is 23.5. The Hall–Kier alpha value is -2.38. The monoisotopic (exact) mass is 463 g/mol. The molecule has 0 unspecified atom stereocenters. The van der Waals surface area contributed by atoms with Crippen molar-refractivity contribution in [2.24, 2.45) is 0 Å². The molecule has 1 amide bonds. The summed E-state index contributed by atoms with van der Waals surface area (Å²) >= 11 is 6.48. The Morgan fingerprint density at radius 1 is 0.960 bits per heavy atom. The van der Waals surface area contributed by atoms with Gasteiger partial charge in [-0.1, -0.05) is 12.1 Å². The van der Waals surface area contributed by atoms with Gasteiger partial charge in [-0.25, -0.2) is 0 Å². The number of carbonyl (C=O) groups excluding carboxylic acids is 2. The lowest BCUT2D eigenvalue weighted by molar-refractivity contribution is -0.118. The quantitative estimate of drug-likeness (QED) is 0.477. The lowest BCUT2D eigenvalue weighted by atomic mass is 9.99. The van der Waals surface area contributed by atoms with E-state index in [2.05, 4.69) is 37.2 Å². The summed E-state index contributed by atoms with van der Waals surface area (Å²) in [7, 11) is 0. The van der Waals surface area contributed by atoms with Crippen LogP contribution in [0.4, 0.5) is 0 Å². The fourth-order valence-electron chi connectivity index (χ4n) is 2.48. The molecule has 0 spiro atoms. The molecule has 2 aromatic carbocycles. The minimum atomic E-state index is -0.488. The molecule has 0 bridgehead atoms. The number of hydrogen-bond donors (Lipinski definition) is 3. The Bertz CT molecular complexity index is 964. The van der Waals surface area contributed by atoms with Crippen LogP contribution in [-0.2, 0) is 9.59 Å². The van der Waals surface area contributed by atoms with E-state index >= 15 is 0 Å². The van der Waals surface area contributed by atoms with E-state index in [9.17, 15) is 19.8 Å². The first-order chi connectivity index (χ1) is 11.9. The third-order valence-electron chi connectivity index (χ3n) is 3.67. The van der Waals surface area contributed by atoms with E-state index in [1.54, 1.807) is 30.3 Å². The van der Waals surface area contributed by atoms with Gasteiger partial charge in [0.1, 0.15) is 11.5 Å². The lowest BCUT2D eigenvalue weighted by Crippen LogP contribution is -2.16. The first-order valence-electron chi connectivity index (χ1n) is 7.11. The molecule has 3 rings (SSSR count). The van der Waals surface area contributed by atoms with Crippen molar-refractivity contribution in [1.29, 1.82) is 0 Å². The van der Waals surface area contributed by atoms with Gasteiger partial charge < -0.3 is 15.5 Å². The maximum Gasteiger partial charge on any atom is 0.259 e. The Morgan fingerprint density at radius 2 is 1.60 bits per heavy atom. The molecule has 0 fully saturated rings. The molecule has 126 valence electrons. The Labute approximate surface area is 159 Å². The van der Waals surface area contributed by atoms with Gasteiger partial charge in [0.2, 0.25) is 0 Å². The number of allylic oxidation sites excluding steroid dienone is 1. The molecule has 0 saturated heterocycles. The van der Waals surface area contributed by atoms with Crippen LogP contribution in [0.3, 0.4) is 0 Å². The number of phenolic OH excluding ortho intramolecular Hbond substituents is 2. The van der Waals surface area contributed by atoms with Crippen molar-refractivity contribution in [3.63, 3.8) is 0 Å². The highest BCUT2D eigenvalue weighted by Gasteiger charge is 2.28. The summed E-state index contributed by atoms with van der Waals surface area (Å²) in [5.74, 6) is -0.329. The van der Waals surface area contributed by atoms with Crippen molar-refractivity contribution in [2.75, 3.05) is 0 Å². The molecule has 3 N–H and O–H groups in total. The molecule has 2 aromatic rings. The van der Waals surface area contributed by atoms with Crippen molar-refractivity contribution >= 4 is 55.7 Å². The molecular formula is C18H11Br2NO4. The molecule has 0 saturated carbocycles. The fraction of sp³-hybridized carbons (Fsp3) is 0. The first-order valence-corrected chi connectivity index (χ1v) is 8.69. The Kier molecular flexibility index (Phi) is 4.78. The number of rotatable bonds is 3. The second-order valence-corrected chi connectivity index (χ2v) is 7.00. The third kappa shape index (κ3) is 3.38. The zero-order chi connectivity index (χ0) is 18.1. The molecule has 0 radical (unpaired) electrons. The number of amides is 1. The van der Waals surface area contributed by atoms with Crippen LogP contribution in [0, 0.1) is 0 Å². The number of hydrogen-bond acceptors (Lipinski definition) is 4. The van der Waals surface area contributed by atoms with E-state index < -0.39 is 5.91 Å². The van der Waals surface area contributed by atoms with Crippen LogP contribution in [0.25, 0.3) is 11.6 Å². The van der Waals surface area contributed by atoms with Gasteiger partial charge in [-0.15, -0.1) is 0 Å². The summed E-state index contributed by atoms with van der Waals surface area (Å²) in [6.07, 6.45) is 2.22. The minimum Gasteiger partial charge on any atom is -0.507 e. The number of nitrogens with one attached hydrogen (secondary N) is 1. The van der Waals surface area contributed by atoms with Crippen LogP contribution in [0.5, 0.6) is 11.5 Å². The van der Waals surface area contributed by atoms with Gasteiger partial charge in [-0.05, 0) is 73.3 Å². The SMILES string of the molecule is O=CC1=C(c2ccc(O)c(Br)c2)/C(=C/c2ccc(O)c(Br)c2)NC1=O. The largest absolute Gasteiger partial charge is 0.507 e. The average molecular weight is 465 g/mol. The second kappa shape index (κ2) is 6.85. The zero-order valence-corrected chi connectivity index (χ0v) is 15.8. The van der Waals surface area contributed by atoms with Crippen LogP contribution < -0.4 is 5.32 Å². The van der Waals surface area contributed by atoms with Crippen molar-refractivity contribution in [3.8, 4) is 11.5 Å². The van der Waals surface area contributed by atoms with E-state index in [-0.39, 0.29) is 17.1 Å². The van der Waals surface area contributed by atoms with E-state index in [4.69, 9.17) is 0 Å². The number of halogens is 2. The van der Waals surface area contributed by atoms with Gasteiger partial charge in [0.15, 0.2) is 6.29 Å². The summed E-state index contributed by atoms with van der Waals surface area (Å²) in [6.45, 7) is 0. The number of aromatic hydroxyl groups is 2. The van der Waals surface area contributed by atoms with Crippen molar-refractivity contribution < 1.29 is 19.8 Å². The van der Waals surface area contributed by atoms with E-state index in [0.29, 0.717) is 32.1 Å². The molecule has 0 atom stereocenters. The van der Waals surface area contributed by atoms with Gasteiger partial charge in [0.05, 0.1) is 20.2 Å². The predicted octanol–water partition coefficient (Wildman–Crippen LogP) is 3.75. The molecule has 1 aliphatic heterocycles. The number of aldehydes is 1. The molecule has 0 aliphatic carbocycles. The summed E-state index contributed by atoms with van der Waals surface area (Å²) in [5, 5.41) is 21.9. The maximum absolute atomic E-state index is 12.1. The maximum atomic E-state index is 12.1. The van der Waals surface area contributed by atoms with E-state index in [0.717, 1.165) is 5.56 Å². The Morgan fingerprint density at radius 3 is 2.20 bits per heavy atom. The molecule has 1 aliphatic rings. The molecule has 7 heteroatoms. The van der Waals surface area contributed by atoms with Crippen LogP contribution >= 0.6 is 31.9 Å². The Balaban J connectivity index is 2.15. The summed E-state index contributed by atoms with van der Waals surface area (Å²) in [6, 6.07) is 9.63. The topological polar surface area (TPSA) is 86.6 Å². The lowest BCUT2D eigenvalue weighted by Gasteiger charge is -2.08. The summed E-state index contributed by atoms with van der Waals surface area (Å²) in [5.41, 5.74) is 2.26. The van der Waals surface area contributed by atoms with Crippen LogP contribution in [0.1, 0.15) is 11.1 Å². The van der Waals surface area contributed by atoms with Crippen LogP contribution in [0.15, 0.2) is 56.6 Å². The zero-order valence-electron chi connectivity index (χ0n) is 12.6. The van der Waals surface area contributed by atoms with E-state index in [1.807, 2.05) is 0 Å². The molecule has 0 aromatic heterocycles. The van der Waals surface area contributed by atoms with Gasteiger partial charge >= 0.3 is 0 Å². The highest BCUT2D eigenvalue weighted by Crippen LogP contribution is 2.35. The third-order valence-corrected chi connectivity index (χ3v) is 4.94. The summed E-state index contributed by atoms with van der Waals surface area (Å²) < 4.78 is 0.966. The van der Waals surface area contributed by atoms with Crippen molar-refractivity contribution in [1.82, 2.24) is 5.32 Å². The number of carbonyl (C=O) groups is 2. The van der Waals surface area contributed by atoms with Crippen LogP contribution in [0.2, 0.25) is 0 Å². The highest BCUT2D eigenvalue weighted by atomic mass is 79.9. The smallest absolute Gasteiger partial charge is 0.259 e. The van der Waals surface area contributed by atoms with Crippen LogP contribution in [-0.4, -0.2) is 22.4 Å². The molecule has 1 heterocycles. The average Bonchev–Trinajstić information content (AvgIpc) is 2.88. The first kappa shape index (κ1) is 17.4.